The van der Waals surface area contributed by atoms with Crippen LogP contribution in [0.5, 0.6) is 23.1 Å². The molecule has 142 valence electrons. The molecule has 0 aliphatic heterocycles. The van der Waals surface area contributed by atoms with E-state index in [2.05, 4.69) is 11.9 Å². The number of ether oxygens (including phenoxy) is 3. The van der Waals surface area contributed by atoms with E-state index in [-0.39, 0.29) is 0 Å². The summed E-state index contributed by atoms with van der Waals surface area (Å²) < 4.78 is 17.8. The van der Waals surface area contributed by atoms with Crippen LogP contribution < -0.4 is 14.2 Å². The maximum Gasteiger partial charge on any atom is 0.226 e. The molecule has 26 heavy (non-hydrogen) atoms. The Morgan fingerprint density at radius 2 is 1.58 bits per heavy atom. The van der Waals surface area contributed by atoms with Crippen LogP contribution in [0.15, 0.2) is 18.2 Å². The van der Waals surface area contributed by atoms with Crippen molar-refractivity contribution in [1.29, 1.82) is 0 Å². The monoisotopic (exact) mass is 357 g/mol. The van der Waals surface area contributed by atoms with Crippen molar-refractivity contribution in [1.82, 2.24) is 4.98 Å². The quantitative estimate of drug-likeness (QED) is 0.510. The van der Waals surface area contributed by atoms with Gasteiger partial charge in [-0.3, -0.25) is 0 Å². The first-order valence-corrected chi connectivity index (χ1v) is 9.49. The van der Waals surface area contributed by atoms with Crippen molar-refractivity contribution in [2.75, 3.05) is 13.2 Å². The van der Waals surface area contributed by atoms with Crippen molar-refractivity contribution in [3.63, 3.8) is 0 Å². The Morgan fingerprint density at radius 3 is 2.19 bits per heavy atom. The molecular formula is C22H31NO3. The standard InChI is InChI=1S/C22H31NO3/c1-7-9-10-11-25-20-14-17(5)23-22(18(20)6)26-21-15(3)12-19(24-8-2)13-16(21)4/h12-14H,7-11H2,1-6H3. The van der Waals surface area contributed by atoms with Crippen molar-refractivity contribution in [3.8, 4) is 23.1 Å². The first-order valence-electron chi connectivity index (χ1n) is 9.49. The number of nitrogens with zero attached hydrogens (tertiary/aromatic N) is 1. The molecule has 0 bridgehead atoms. The number of pyridine rings is 1. The van der Waals surface area contributed by atoms with Crippen LogP contribution in [0.4, 0.5) is 0 Å². The molecule has 0 N–H and O–H groups in total. The van der Waals surface area contributed by atoms with Crippen LogP contribution in [0.3, 0.4) is 0 Å². The molecule has 0 saturated heterocycles. The fourth-order valence-electron chi connectivity index (χ4n) is 2.88. The molecule has 1 aromatic carbocycles. The lowest BCUT2D eigenvalue weighted by atomic mass is 10.1. The maximum atomic E-state index is 6.21. The second kappa shape index (κ2) is 9.46. The van der Waals surface area contributed by atoms with Gasteiger partial charge >= 0.3 is 0 Å². The maximum absolute atomic E-state index is 6.21. The highest BCUT2D eigenvalue weighted by Crippen LogP contribution is 2.35. The summed E-state index contributed by atoms with van der Waals surface area (Å²) in [6, 6.07) is 5.98. The molecule has 0 spiro atoms. The van der Waals surface area contributed by atoms with Gasteiger partial charge in [0.05, 0.1) is 18.8 Å². The molecule has 0 fully saturated rings. The number of unbranched alkanes of at least 4 members (excludes halogenated alkanes) is 2. The van der Waals surface area contributed by atoms with Gasteiger partial charge in [-0.1, -0.05) is 19.8 Å². The summed E-state index contributed by atoms with van der Waals surface area (Å²) in [7, 11) is 0. The number of benzene rings is 1. The predicted molar refractivity (Wildman–Crippen MR) is 106 cm³/mol. The fraction of sp³-hybridized carbons (Fsp3) is 0.500. The van der Waals surface area contributed by atoms with Crippen LogP contribution in [0.1, 0.15) is 55.5 Å². The lowest BCUT2D eigenvalue weighted by molar-refractivity contribution is 0.301. The van der Waals surface area contributed by atoms with Gasteiger partial charge in [0, 0.05) is 11.8 Å². The Kier molecular flexibility index (Phi) is 7.31. The second-order valence-electron chi connectivity index (χ2n) is 6.67. The first kappa shape index (κ1) is 20.1. The molecule has 2 rings (SSSR count). The van der Waals surface area contributed by atoms with Gasteiger partial charge in [-0.15, -0.1) is 0 Å². The zero-order valence-corrected chi connectivity index (χ0v) is 16.9. The molecular weight excluding hydrogens is 326 g/mol. The third-order valence-corrected chi connectivity index (χ3v) is 4.26. The number of hydrogen-bond donors (Lipinski definition) is 0. The van der Waals surface area contributed by atoms with Gasteiger partial charge < -0.3 is 14.2 Å². The van der Waals surface area contributed by atoms with Crippen molar-refractivity contribution < 1.29 is 14.2 Å². The van der Waals surface area contributed by atoms with Gasteiger partial charge in [0.15, 0.2) is 0 Å². The Labute approximate surface area is 157 Å². The van der Waals surface area contributed by atoms with E-state index in [9.17, 15) is 0 Å². The molecule has 0 aliphatic rings. The molecule has 4 heteroatoms. The van der Waals surface area contributed by atoms with E-state index in [4.69, 9.17) is 14.2 Å². The third kappa shape index (κ3) is 5.13. The minimum absolute atomic E-state index is 0.603. The van der Waals surface area contributed by atoms with Crippen molar-refractivity contribution in [3.05, 3.63) is 40.6 Å². The van der Waals surface area contributed by atoms with Crippen LogP contribution in [0, 0.1) is 27.7 Å². The topological polar surface area (TPSA) is 40.6 Å². The largest absolute Gasteiger partial charge is 0.494 e. The van der Waals surface area contributed by atoms with Crippen molar-refractivity contribution in [2.45, 2.75) is 60.8 Å². The summed E-state index contributed by atoms with van der Waals surface area (Å²) >= 11 is 0. The molecule has 0 saturated carbocycles. The highest BCUT2D eigenvalue weighted by molar-refractivity contribution is 5.49. The van der Waals surface area contributed by atoms with Crippen LogP contribution in [0.2, 0.25) is 0 Å². The minimum Gasteiger partial charge on any atom is -0.494 e. The average Bonchev–Trinajstić information content (AvgIpc) is 2.58. The van der Waals surface area contributed by atoms with Crippen LogP contribution >= 0.6 is 0 Å². The number of hydrogen-bond acceptors (Lipinski definition) is 4. The van der Waals surface area contributed by atoms with E-state index in [0.29, 0.717) is 12.5 Å². The Balaban J connectivity index is 2.25. The number of aromatic nitrogens is 1. The van der Waals surface area contributed by atoms with E-state index >= 15 is 0 Å². The highest BCUT2D eigenvalue weighted by atomic mass is 16.5. The molecule has 0 atom stereocenters. The first-order chi connectivity index (χ1) is 12.5. The van der Waals surface area contributed by atoms with E-state index in [0.717, 1.165) is 52.7 Å². The summed E-state index contributed by atoms with van der Waals surface area (Å²) in [5.74, 6) is 3.14. The molecule has 0 aliphatic carbocycles. The van der Waals surface area contributed by atoms with Gasteiger partial charge in [0.2, 0.25) is 5.88 Å². The summed E-state index contributed by atoms with van der Waals surface area (Å²) in [6.45, 7) is 13.6. The predicted octanol–water partition coefficient (Wildman–Crippen LogP) is 6.08. The fourth-order valence-corrected chi connectivity index (χ4v) is 2.88. The molecule has 1 aromatic heterocycles. The summed E-state index contributed by atoms with van der Waals surface area (Å²) in [5.41, 5.74) is 3.88. The van der Waals surface area contributed by atoms with E-state index in [1.165, 1.54) is 12.8 Å². The summed E-state index contributed by atoms with van der Waals surface area (Å²) in [4.78, 5) is 4.58. The number of rotatable bonds is 9. The van der Waals surface area contributed by atoms with Gasteiger partial charge in [-0.2, -0.15) is 0 Å². The van der Waals surface area contributed by atoms with Crippen LogP contribution in [0.25, 0.3) is 0 Å². The van der Waals surface area contributed by atoms with E-state index < -0.39 is 0 Å². The lowest BCUT2D eigenvalue weighted by Crippen LogP contribution is -2.03. The smallest absolute Gasteiger partial charge is 0.226 e. The van der Waals surface area contributed by atoms with Gasteiger partial charge in [0.25, 0.3) is 0 Å². The van der Waals surface area contributed by atoms with Gasteiger partial charge in [-0.05, 0) is 64.3 Å². The Morgan fingerprint density at radius 1 is 0.885 bits per heavy atom. The second-order valence-corrected chi connectivity index (χ2v) is 6.67. The zero-order chi connectivity index (χ0) is 19.1. The molecule has 0 amide bonds. The normalized spacial score (nSPS) is 10.7. The molecule has 1 heterocycles. The van der Waals surface area contributed by atoms with Crippen molar-refractivity contribution >= 4 is 0 Å². The van der Waals surface area contributed by atoms with Gasteiger partial charge in [0.1, 0.15) is 17.2 Å². The molecule has 4 nitrogen and oxygen atoms in total. The number of aryl methyl sites for hydroxylation is 3. The molecule has 0 radical (unpaired) electrons. The Hall–Kier alpha value is -2.23. The van der Waals surface area contributed by atoms with Crippen molar-refractivity contribution in [2.24, 2.45) is 0 Å². The summed E-state index contributed by atoms with van der Waals surface area (Å²) in [5, 5.41) is 0. The third-order valence-electron chi connectivity index (χ3n) is 4.26. The van der Waals surface area contributed by atoms with E-state index in [1.54, 1.807) is 0 Å². The lowest BCUT2D eigenvalue weighted by Gasteiger charge is -2.17. The Bertz CT molecular complexity index is 717. The van der Waals surface area contributed by atoms with Gasteiger partial charge in [-0.25, -0.2) is 4.98 Å². The SMILES string of the molecule is CCCCCOc1cc(C)nc(Oc2c(C)cc(OCC)cc2C)c1C. The molecule has 0 unspecified atom stereocenters. The average molecular weight is 357 g/mol. The molecule has 2 aromatic rings. The van der Waals surface area contributed by atoms with Crippen LogP contribution in [-0.4, -0.2) is 18.2 Å². The van der Waals surface area contributed by atoms with E-state index in [1.807, 2.05) is 52.8 Å². The zero-order valence-electron chi connectivity index (χ0n) is 16.9. The minimum atomic E-state index is 0.603. The van der Waals surface area contributed by atoms with Crippen LogP contribution in [-0.2, 0) is 0 Å². The summed E-state index contributed by atoms with van der Waals surface area (Å²) in [6.07, 6.45) is 3.42. The highest BCUT2D eigenvalue weighted by Gasteiger charge is 2.14.